The molecule has 4 nitrogen and oxygen atoms in total. The number of aromatic hydroxyl groups is 1. The molecule has 1 aliphatic heterocycles. The molecule has 1 aromatic rings. The smallest absolute Gasteiger partial charge is 0.138 e. The molecule has 0 bridgehead atoms. The number of rotatable bonds is 1. The highest BCUT2D eigenvalue weighted by Crippen LogP contribution is 2.58. The standard InChI is InChI=1S/C21H25N3O/c22-14-20-11-5-3-7-16(20)13-17-8-4-6-12-21(17,15-23)24(20)18-9-1-2-10-19(18)25/h1-2,9-10,16-17,25H,3-8,11-13H2/t16-,17-,20-,21+/m1/s1. The van der Waals surface area contributed by atoms with E-state index in [2.05, 4.69) is 17.0 Å². The number of hydrogen-bond acceptors (Lipinski definition) is 4. The maximum absolute atomic E-state index is 10.6. The van der Waals surface area contributed by atoms with Gasteiger partial charge in [0, 0.05) is 0 Å². The molecule has 0 aromatic heterocycles. The van der Waals surface area contributed by atoms with Crippen molar-refractivity contribution in [3.05, 3.63) is 24.3 Å². The summed E-state index contributed by atoms with van der Waals surface area (Å²) in [5.74, 6) is 0.758. The Morgan fingerprint density at radius 2 is 1.48 bits per heavy atom. The highest BCUT2D eigenvalue weighted by atomic mass is 16.3. The maximum Gasteiger partial charge on any atom is 0.138 e. The topological polar surface area (TPSA) is 71.0 Å². The molecule has 0 spiro atoms. The molecule has 4 atom stereocenters. The number of para-hydroxylation sites is 2. The van der Waals surface area contributed by atoms with Crippen LogP contribution in [-0.4, -0.2) is 16.2 Å². The molecule has 3 aliphatic rings. The van der Waals surface area contributed by atoms with Crippen LogP contribution in [0.25, 0.3) is 0 Å². The zero-order chi connectivity index (χ0) is 17.5. The summed E-state index contributed by atoms with van der Waals surface area (Å²) in [5.41, 5.74) is -0.662. The third-order valence-electron chi connectivity index (χ3n) is 6.95. The lowest BCUT2D eigenvalue weighted by Gasteiger charge is -2.62. The number of fused-ring (bicyclic) bond motifs is 2. The monoisotopic (exact) mass is 335 g/mol. The number of phenolic OH excluding ortho intramolecular Hbond substituents is 1. The molecule has 0 radical (unpaired) electrons. The molecule has 0 amide bonds. The number of phenols is 1. The lowest BCUT2D eigenvalue weighted by molar-refractivity contribution is 0.0610. The van der Waals surface area contributed by atoms with Crippen molar-refractivity contribution >= 4 is 5.69 Å². The van der Waals surface area contributed by atoms with Crippen LogP contribution in [-0.2, 0) is 0 Å². The van der Waals surface area contributed by atoms with Crippen LogP contribution in [0, 0.1) is 34.5 Å². The van der Waals surface area contributed by atoms with Crippen molar-refractivity contribution in [2.45, 2.75) is 68.9 Å². The van der Waals surface area contributed by atoms with Crippen molar-refractivity contribution in [2.24, 2.45) is 11.8 Å². The van der Waals surface area contributed by atoms with E-state index >= 15 is 0 Å². The predicted molar refractivity (Wildman–Crippen MR) is 95.8 cm³/mol. The maximum atomic E-state index is 10.6. The fourth-order valence-electron chi connectivity index (χ4n) is 5.85. The van der Waals surface area contributed by atoms with Gasteiger partial charge in [0.15, 0.2) is 0 Å². The summed E-state index contributed by atoms with van der Waals surface area (Å²) in [6.07, 6.45) is 9.01. The van der Waals surface area contributed by atoms with E-state index in [4.69, 9.17) is 0 Å². The van der Waals surface area contributed by atoms with Crippen molar-refractivity contribution in [3.8, 4) is 17.9 Å². The second-order valence-corrected chi connectivity index (χ2v) is 8.02. The Hall–Kier alpha value is -2.20. The van der Waals surface area contributed by atoms with Crippen LogP contribution in [0.1, 0.15) is 57.8 Å². The van der Waals surface area contributed by atoms with Gasteiger partial charge in [0.25, 0.3) is 0 Å². The second kappa shape index (κ2) is 5.95. The molecule has 4 rings (SSSR count). The first-order valence-corrected chi connectivity index (χ1v) is 9.59. The second-order valence-electron chi connectivity index (χ2n) is 8.02. The van der Waals surface area contributed by atoms with Crippen molar-refractivity contribution in [1.82, 2.24) is 0 Å². The van der Waals surface area contributed by atoms with Gasteiger partial charge in [0.1, 0.15) is 16.8 Å². The van der Waals surface area contributed by atoms with E-state index in [0.717, 1.165) is 57.8 Å². The summed E-state index contributed by atoms with van der Waals surface area (Å²) in [6, 6.07) is 12.6. The SMILES string of the molecule is N#C[C@]12CCCC[C@@H]1C[C@H]1CCCC[C@@]1(C#N)N2c1ccccc1O. The van der Waals surface area contributed by atoms with Gasteiger partial charge in [-0.3, -0.25) is 0 Å². The van der Waals surface area contributed by atoms with Crippen LogP contribution in [0.15, 0.2) is 24.3 Å². The predicted octanol–water partition coefficient (Wildman–Crippen LogP) is 4.51. The molecule has 2 saturated carbocycles. The summed E-state index contributed by atoms with van der Waals surface area (Å²) >= 11 is 0. The first-order chi connectivity index (χ1) is 12.2. The Morgan fingerprint density at radius 3 is 2.00 bits per heavy atom. The minimum atomic E-state index is -0.666. The van der Waals surface area contributed by atoms with Crippen LogP contribution >= 0.6 is 0 Å². The van der Waals surface area contributed by atoms with Gasteiger partial charge in [0.2, 0.25) is 0 Å². The van der Waals surface area contributed by atoms with E-state index in [-0.39, 0.29) is 17.6 Å². The van der Waals surface area contributed by atoms with E-state index in [0.29, 0.717) is 5.69 Å². The fraction of sp³-hybridized carbons (Fsp3) is 0.619. The quantitative estimate of drug-likeness (QED) is 0.820. The molecule has 1 heterocycles. The summed E-state index contributed by atoms with van der Waals surface area (Å²) in [7, 11) is 0. The van der Waals surface area contributed by atoms with Gasteiger partial charge in [-0.15, -0.1) is 0 Å². The van der Waals surface area contributed by atoms with Gasteiger partial charge in [-0.2, -0.15) is 10.5 Å². The normalized spacial score (nSPS) is 37.3. The van der Waals surface area contributed by atoms with Crippen LogP contribution in [0.4, 0.5) is 5.69 Å². The number of nitriles is 2. The lowest BCUT2D eigenvalue weighted by atomic mass is 9.56. The van der Waals surface area contributed by atoms with Gasteiger partial charge in [-0.25, -0.2) is 0 Å². The molecular formula is C21H25N3O. The average Bonchev–Trinajstić information content (AvgIpc) is 2.66. The molecule has 1 aromatic carbocycles. The first kappa shape index (κ1) is 16.3. The Balaban J connectivity index is 1.95. The van der Waals surface area contributed by atoms with E-state index < -0.39 is 11.1 Å². The minimum absolute atomic E-state index is 0.183. The zero-order valence-corrected chi connectivity index (χ0v) is 14.6. The number of anilines is 1. The van der Waals surface area contributed by atoms with Gasteiger partial charge in [-0.05, 0) is 56.1 Å². The molecule has 2 aliphatic carbocycles. The van der Waals surface area contributed by atoms with Gasteiger partial charge >= 0.3 is 0 Å². The summed E-state index contributed by atoms with van der Waals surface area (Å²) < 4.78 is 0. The van der Waals surface area contributed by atoms with Crippen molar-refractivity contribution < 1.29 is 5.11 Å². The summed E-state index contributed by atoms with van der Waals surface area (Å²) in [5, 5.41) is 31.2. The van der Waals surface area contributed by atoms with Crippen molar-refractivity contribution in [1.29, 1.82) is 10.5 Å². The molecule has 0 unspecified atom stereocenters. The zero-order valence-electron chi connectivity index (χ0n) is 14.6. The van der Waals surface area contributed by atoms with Crippen LogP contribution in [0.3, 0.4) is 0 Å². The summed E-state index contributed by atoms with van der Waals surface area (Å²) in [6.45, 7) is 0. The van der Waals surface area contributed by atoms with Crippen LogP contribution in [0.5, 0.6) is 5.75 Å². The Kier molecular flexibility index (Phi) is 3.88. The molecule has 25 heavy (non-hydrogen) atoms. The molecular weight excluding hydrogens is 310 g/mol. The highest BCUT2D eigenvalue weighted by Gasteiger charge is 2.62. The summed E-state index contributed by atoms with van der Waals surface area (Å²) in [4.78, 5) is 2.09. The molecule has 1 N–H and O–H groups in total. The van der Waals surface area contributed by atoms with E-state index in [1.165, 1.54) is 0 Å². The van der Waals surface area contributed by atoms with Crippen LogP contribution in [0.2, 0.25) is 0 Å². The van der Waals surface area contributed by atoms with E-state index in [9.17, 15) is 15.6 Å². The van der Waals surface area contributed by atoms with Gasteiger partial charge in [0.05, 0.1) is 17.8 Å². The van der Waals surface area contributed by atoms with E-state index in [1.807, 2.05) is 12.1 Å². The van der Waals surface area contributed by atoms with Gasteiger partial charge < -0.3 is 10.0 Å². The average molecular weight is 335 g/mol. The number of nitrogens with zero attached hydrogens (tertiary/aromatic N) is 3. The van der Waals surface area contributed by atoms with Crippen LogP contribution < -0.4 is 4.90 Å². The third-order valence-corrected chi connectivity index (χ3v) is 6.95. The van der Waals surface area contributed by atoms with E-state index in [1.54, 1.807) is 12.1 Å². The Morgan fingerprint density at radius 1 is 0.920 bits per heavy atom. The highest BCUT2D eigenvalue weighted by molar-refractivity contribution is 5.66. The third kappa shape index (κ3) is 2.17. The van der Waals surface area contributed by atoms with Gasteiger partial charge in [-0.1, -0.05) is 37.8 Å². The fourth-order valence-corrected chi connectivity index (χ4v) is 5.85. The number of hydrogen-bond donors (Lipinski definition) is 1. The van der Waals surface area contributed by atoms with Crippen molar-refractivity contribution in [2.75, 3.05) is 4.90 Å². The minimum Gasteiger partial charge on any atom is -0.506 e. The Bertz CT molecular complexity index is 708. The molecule has 4 heteroatoms. The molecule has 3 fully saturated rings. The largest absolute Gasteiger partial charge is 0.506 e. The first-order valence-electron chi connectivity index (χ1n) is 9.59. The number of piperidine rings is 1. The lowest BCUT2D eigenvalue weighted by Crippen LogP contribution is -2.71. The number of benzene rings is 1. The molecule has 130 valence electrons. The Labute approximate surface area is 149 Å². The van der Waals surface area contributed by atoms with Crippen molar-refractivity contribution in [3.63, 3.8) is 0 Å². The molecule has 1 saturated heterocycles.